The van der Waals surface area contributed by atoms with Crippen molar-refractivity contribution in [1.82, 2.24) is 25.6 Å². The summed E-state index contributed by atoms with van der Waals surface area (Å²) in [4.78, 5) is 13.6. The lowest BCUT2D eigenvalue weighted by atomic mass is 9.90. The molecule has 7 heteroatoms. The maximum Gasteiger partial charge on any atom is 0.246 e. The highest BCUT2D eigenvalue weighted by molar-refractivity contribution is 5.78. The minimum atomic E-state index is -0.184. The van der Waals surface area contributed by atoms with Crippen LogP contribution in [0.5, 0.6) is 0 Å². The predicted molar refractivity (Wildman–Crippen MR) is 88.0 cm³/mol. The molecule has 0 aliphatic carbocycles. The molecular formula is C17H21N5O2. The van der Waals surface area contributed by atoms with Crippen molar-refractivity contribution in [3.63, 3.8) is 0 Å². The van der Waals surface area contributed by atoms with E-state index in [0.29, 0.717) is 6.54 Å². The third-order valence-corrected chi connectivity index (χ3v) is 4.93. The van der Waals surface area contributed by atoms with Crippen LogP contribution in [-0.4, -0.2) is 58.1 Å². The summed E-state index contributed by atoms with van der Waals surface area (Å²) in [6.07, 6.45) is 1.84. The summed E-state index contributed by atoms with van der Waals surface area (Å²) in [5.74, 6) is -0.0156. The van der Waals surface area contributed by atoms with Crippen molar-refractivity contribution in [1.29, 1.82) is 0 Å². The minimum Gasteiger partial charge on any atom is -0.363 e. The van der Waals surface area contributed by atoms with Crippen LogP contribution in [0.1, 0.15) is 18.5 Å². The number of nitrogens with zero attached hydrogens (tertiary/aromatic N) is 3. The van der Waals surface area contributed by atoms with Crippen LogP contribution < -0.4 is 5.32 Å². The molecule has 2 fully saturated rings. The zero-order chi connectivity index (χ0) is 16.4. The molecule has 1 amide bonds. The summed E-state index contributed by atoms with van der Waals surface area (Å²) in [6.45, 7) is 3.43. The number of rotatable bonds is 3. The number of aromatic nitrogens is 3. The number of hydrogen-bond donors (Lipinski definition) is 2. The van der Waals surface area contributed by atoms with Crippen LogP contribution in [0.3, 0.4) is 0 Å². The van der Waals surface area contributed by atoms with Crippen LogP contribution in [0.2, 0.25) is 0 Å². The first-order valence-corrected chi connectivity index (χ1v) is 8.32. The quantitative estimate of drug-likeness (QED) is 0.877. The molecule has 1 spiro atoms. The average Bonchev–Trinajstić information content (AvgIpc) is 3.09. The maximum atomic E-state index is 11.3. The van der Waals surface area contributed by atoms with Crippen molar-refractivity contribution in [2.24, 2.45) is 0 Å². The Morgan fingerprint density at radius 2 is 1.96 bits per heavy atom. The molecule has 2 aliphatic heterocycles. The molecule has 2 aliphatic rings. The van der Waals surface area contributed by atoms with Crippen LogP contribution in [-0.2, 0) is 16.1 Å². The standard InChI is InChI=1S/C17H21N5O2/c23-15-11-24-17(12-18-15)6-8-22(9-7-17)10-14-16(20-21-19-14)13-4-2-1-3-5-13/h1-5H,6-12H2,(H,18,23)(H,19,20,21). The molecule has 0 radical (unpaired) electrons. The second-order valence-corrected chi connectivity index (χ2v) is 6.51. The molecule has 0 unspecified atom stereocenters. The summed E-state index contributed by atoms with van der Waals surface area (Å²) in [7, 11) is 0. The number of ether oxygens (including phenoxy) is 1. The van der Waals surface area contributed by atoms with Crippen molar-refractivity contribution in [3.05, 3.63) is 36.0 Å². The normalized spacial score (nSPS) is 20.9. The van der Waals surface area contributed by atoms with Gasteiger partial charge in [0.15, 0.2) is 0 Å². The molecule has 2 aromatic rings. The molecule has 1 aromatic carbocycles. The zero-order valence-corrected chi connectivity index (χ0v) is 13.5. The third kappa shape index (κ3) is 3.05. The Kier molecular flexibility index (Phi) is 4.03. The van der Waals surface area contributed by atoms with Gasteiger partial charge in [0.05, 0.1) is 5.60 Å². The molecule has 2 N–H and O–H groups in total. The molecule has 3 heterocycles. The van der Waals surface area contributed by atoms with Gasteiger partial charge in [-0.3, -0.25) is 9.69 Å². The Balaban J connectivity index is 1.40. The number of hydrogen-bond acceptors (Lipinski definition) is 5. The second kappa shape index (κ2) is 6.33. The molecule has 24 heavy (non-hydrogen) atoms. The second-order valence-electron chi connectivity index (χ2n) is 6.51. The summed E-state index contributed by atoms with van der Waals surface area (Å²) < 4.78 is 5.82. The maximum absolute atomic E-state index is 11.3. The van der Waals surface area contributed by atoms with Gasteiger partial charge >= 0.3 is 0 Å². The molecule has 2 saturated heterocycles. The van der Waals surface area contributed by atoms with Crippen LogP contribution >= 0.6 is 0 Å². The SMILES string of the molecule is O=C1COC2(CCN(Cc3n[nH]nc3-c3ccccc3)CC2)CN1. The number of benzene rings is 1. The highest BCUT2D eigenvalue weighted by atomic mass is 16.5. The lowest BCUT2D eigenvalue weighted by Gasteiger charge is -2.43. The molecule has 0 saturated carbocycles. The summed E-state index contributed by atoms with van der Waals surface area (Å²) in [6, 6.07) is 10.1. The van der Waals surface area contributed by atoms with E-state index in [1.807, 2.05) is 30.3 Å². The lowest BCUT2D eigenvalue weighted by Crippen LogP contribution is -2.57. The molecule has 1 aromatic heterocycles. The van der Waals surface area contributed by atoms with Gasteiger partial charge in [0.2, 0.25) is 5.91 Å². The molecule has 126 valence electrons. The number of carbonyl (C=O) groups is 1. The van der Waals surface area contributed by atoms with Gasteiger partial charge in [-0.05, 0) is 12.8 Å². The van der Waals surface area contributed by atoms with Crippen molar-refractivity contribution in [2.45, 2.75) is 25.0 Å². The van der Waals surface area contributed by atoms with E-state index in [-0.39, 0.29) is 18.1 Å². The van der Waals surface area contributed by atoms with E-state index >= 15 is 0 Å². The van der Waals surface area contributed by atoms with Gasteiger partial charge in [0, 0.05) is 31.7 Å². The van der Waals surface area contributed by atoms with E-state index in [0.717, 1.165) is 49.4 Å². The van der Waals surface area contributed by atoms with E-state index in [9.17, 15) is 4.79 Å². The van der Waals surface area contributed by atoms with E-state index < -0.39 is 0 Å². The van der Waals surface area contributed by atoms with Crippen LogP contribution in [0.25, 0.3) is 11.3 Å². The number of H-pyrrole nitrogens is 1. The molecule has 7 nitrogen and oxygen atoms in total. The van der Waals surface area contributed by atoms with Gasteiger partial charge < -0.3 is 10.1 Å². The summed E-state index contributed by atoms with van der Waals surface area (Å²) in [5, 5.41) is 14.3. The summed E-state index contributed by atoms with van der Waals surface area (Å²) in [5.41, 5.74) is 2.77. The molecule has 0 atom stereocenters. The van der Waals surface area contributed by atoms with Gasteiger partial charge in [0.25, 0.3) is 0 Å². The number of likely N-dealkylation sites (tertiary alicyclic amines) is 1. The number of amides is 1. The Bertz CT molecular complexity index is 695. The monoisotopic (exact) mass is 327 g/mol. The fourth-order valence-corrected chi connectivity index (χ4v) is 3.42. The number of nitrogens with one attached hydrogen (secondary N) is 2. The van der Waals surface area contributed by atoms with Gasteiger partial charge in [-0.1, -0.05) is 30.3 Å². The Morgan fingerprint density at radius 1 is 1.17 bits per heavy atom. The molecule has 0 bridgehead atoms. The first-order chi connectivity index (χ1) is 11.7. The van der Waals surface area contributed by atoms with Gasteiger partial charge in [-0.15, -0.1) is 0 Å². The number of aromatic amines is 1. The van der Waals surface area contributed by atoms with E-state index in [2.05, 4.69) is 25.6 Å². The number of piperidine rings is 1. The van der Waals surface area contributed by atoms with Crippen LogP contribution in [0.15, 0.2) is 30.3 Å². The van der Waals surface area contributed by atoms with Crippen molar-refractivity contribution < 1.29 is 9.53 Å². The Morgan fingerprint density at radius 3 is 2.67 bits per heavy atom. The highest BCUT2D eigenvalue weighted by Gasteiger charge is 2.39. The first kappa shape index (κ1) is 15.3. The van der Waals surface area contributed by atoms with Gasteiger partial charge in [-0.25, -0.2) is 0 Å². The fourth-order valence-electron chi connectivity index (χ4n) is 3.42. The lowest BCUT2D eigenvalue weighted by molar-refractivity contribution is -0.150. The minimum absolute atomic E-state index is 0.0156. The van der Waals surface area contributed by atoms with E-state index in [4.69, 9.17) is 4.74 Å². The van der Waals surface area contributed by atoms with Crippen molar-refractivity contribution in [3.8, 4) is 11.3 Å². The predicted octanol–water partition coefficient (Wildman–Crippen LogP) is 0.953. The topological polar surface area (TPSA) is 83.1 Å². The molecule has 4 rings (SSSR count). The largest absolute Gasteiger partial charge is 0.363 e. The van der Waals surface area contributed by atoms with Crippen LogP contribution in [0, 0.1) is 0 Å². The van der Waals surface area contributed by atoms with E-state index in [1.54, 1.807) is 0 Å². The number of carbonyl (C=O) groups excluding carboxylic acids is 1. The Labute approximate surface area is 140 Å². The smallest absolute Gasteiger partial charge is 0.246 e. The Hall–Kier alpha value is -2.25. The first-order valence-electron chi connectivity index (χ1n) is 8.32. The fraction of sp³-hybridized carbons (Fsp3) is 0.471. The van der Waals surface area contributed by atoms with Crippen molar-refractivity contribution >= 4 is 5.91 Å². The number of morpholine rings is 1. The van der Waals surface area contributed by atoms with Crippen molar-refractivity contribution in [2.75, 3.05) is 26.2 Å². The molecular weight excluding hydrogens is 306 g/mol. The van der Waals surface area contributed by atoms with E-state index in [1.165, 1.54) is 0 Å². The zero-order valence-electron chi connectivity index (χ0n) is 13.5. The van der Waals surface area contributed by atoms with Gasteiger partial charge in [0.1, 0.15) is 18.0 Å². The van der Waals surface area contributed by atoms with Crippen LogP contribution in [0.4, 0.5) is 0 Å². The highest BCUT2D eigenvalue weighted by Crippen LogP contribution is 2.29. The summed E-state index contributed by atoms with van der Waals surface area (Å²) >= 11 is 0. The third-order valence-electron chi connectivity index (χ3n) is 4.93. The average molecular weight is 327 g/mol. The van der Waals surface area contributed by atoms with Gasteiger partial charge in [-0.2, -0.15) is 15.4 Å².